The Morgan fingerprint density at radius 2 is 2.06 bits per heavy atom. The Labute approximate surface area is 107 Å². The monoisotopic (exact) mass is 252 g/mol. The fourth-order valence-electron chi connectivity index (χ4n) is 2.34. The highest BCUT2D eigenvalue weighted by atomic mass is 32.1. The van der Waals surface area contributed by atoms with Crippen LogP contribution in [-0.2, 0) is 0 Å². The zero-order valence-electron chi connectivity index (χ0n) is 10.4. The minimum absolute atomic E-state index is 0. The molecule has 3 heterocycles. The Kier molecular flexibility index (Phi) is 2.78. The van der Waals surface area contributed by atoms with E-state index in [1.165, 1.54) is 25.0 Å². The Hall–Kier alpha value is -1.10. The van der Waals surface area contributed by atoms with Crippen molar-refractivity contribution in [3.8, 4) is 0 Å². The van der Waals surface area contributed by atoms with Gasteiger partial charge in [-0.05, 0) is 25.2 Å². The predicted molar refractivity (Wildman–Crippen MR) is 74.0 cm³/mol. The third-order valence-electron chi connectivity index (χ3n) is 3.33. The topological polar surface area (TPSA) is 44.8 Å². The molecule has 0 saturated carbocycles. The highest BCUT2D eigenvalue weighted by molar-refractivity contribution is 7.21. The molecule has 1 aliphatic rings. The van der Waals surface area contributed by atoms with Gasteiger partial charge in [-0.2, -0.15) is 5.10 Å². The van der Waals surface area contributed by atoms with Gasteiger partial charge in [-0.3, -0.25) is 5.10 Å². The molecule has 17 heavy (non-hydrogen) atoms. The number of rotatable bonds is 2. The van der Waals surface area contributed by atoms with Crippen molar-refractivity contribution in [2.24, 2.45) is 0 Å². The fourth-order valence-corrected chi connectivity index (χ4v) is 3.30. The molecule has 0 aromatic carbocycles. The van der Waals surface area contributed by atoms with Crippen LogP contribution in [-0.4, -0.2) is 28.3 Å². The highest BCUT2D eigenvalue weighted by Gasteiger charge is 2.19. The van der Waals surface area contributed by atoms with E-state index in [-0.39, 0.29) is 1.43 Å². The molecule has 94 valence electrons. The van der Waals surface area contributed by atoms with E-state index in [2.05, 4.69) is 28.9 Å². The lowest BCUT2D eigenvalue weighted by molar-refractivity contribution is 0.577. The maximum absolute atomic E-state index is 4.77. The van der Waals surface area contributed by atoms with Crippen LogP contribution >= 0.6 is 11.3 Å². The van der Waals surface area contributed by atoms with Crippen molar-refractivity contribution >= 4 is 26.8 Å². The first-order valence-electron chi connectivity index (χ1n) is 6.35. The van der Waals surface area contributed by atoms with Crippen LogP contribution in [0.3, 0.4) is 0 Å². The van der Waals surface area contributed by atoms with E-state index < -0.39 is 0 Å². The quantitative estimate of drug-likeness (QED) is 0.891. The maximum atomic E-state index is 4.77. The van der Waals surface area contributed by atoms with Crippen LogP contribution in [0, 0.1) is 0 Å². The van der Waals surface area contributed by atoms with Gasteiger partial charge in [0, 0.05) is 14.5 Å². The lowest BCUT2D eigenvalue weighted by Crippen LogP contribution is -2.29. The first-order chi connectivity index (χ1) is 8.25. The summed E-state index contributed by atoms with van der Waals surface area (Å²) in [6.07, 6.45) is 3.94. The summed E-state index contributed by atoms with van der Waals surface area (Å²) in [5.41, 5.74) is 2.24. The van der Waals surface area contributed by atoms with Gasteiger partial charge in [0.1, 0.15) is 5.52 Å². The number of H-pyrrole nitrogens is 1. The van der Waals surface area contributed by atoms with Gasteiger partial charge in [0.2, 0.25) is 0 Å². The van der Waals surface area contributed by atoms with Crippen LogP contribution in [0.1, 0.15) is 46.1 Å². The molecule has 1 saturated heterocycles. The van der Waals surface area contributed by atoms with E-state index in [4.69, 9.17) is 4.98 Å². The molecule has 2 aromatic heterocycles. The Bertz CT molecular complexity index is 513. The second-order valence-electron chi connectivity index (χ2n) is 4.99. The SMILES string of the molecule is CC(C)c1[nH]nc2sc(N3CCCCC3)nc12.[HH]. The molecule has 5 heteroatoms. The molecule has 0 radical (unpaired) electrons. The summed E-state index contributed by atoms with van der Waals surface area (Å²) in [6, 6.07) is 0. The summed E-state index contributed by atoms with van der Waals surface area (Å²) in [7, 11) is 0. The largest absolute Gasteiger partial charge is 0.348 e. The highest BCUT2D eigenvalue weighted by Crippen LogP contribution is 2.32. The minimum atomic E-state index is 0. The number of anilines is 1. The minimum Gasteiger partial charge on any atom is -0.348 e. The molecule has 0 unspecified atom stereocenters. The smallest absolute Gasteiger partial charge is 0.188 e. The van der Waals surface area contributed by atoms with Gasteiger partial charge in [-0.1, -0.05) is 25.2 Å². The van der Waals surface area contributed by atoms with Crippen molar-refractivity contribution in [1.29, 1.82) is 0 Å². The van der Waals surface area contributed by atoms with Crippen molar-refractivity contribution in [2.45, 2.75) is 39.0 Å². The van der Waals surface area contributed by atoms with Gasteiger partial charge in [-0.25, -0.2) is 4.98 Å². The van der Waals surface area contributed by atoms with Crippen LogP contribution in [0.2, 0.25) is 0 Å². The molecular weight excluding hydrogens is 232 g/mol. The number of nitrogens with one attached hydrogen (secondary N) is 1. The van der Waals surface area contributed by atoms with E-state index in [9.17, 15) is 0 Å². The summed E-state index contributed by atoms with van der Waals surface area (Å²) in [5.74, 6) is 0.455. The molecule has 3 rings (SSSR count). The van der Waals surface area contributed by atoms with E-state index in [0.29, 0.717) is 5.92 Å². The van der Waals surface area contributed by atoms with E-state index in [1.807, 2.05) is 0 Å². The number of thiazole rings is 1. The number of fused-ring (bicyclic) bond motifs is 1. The summed E-state index contributed by atoms with van der Waals surface area (Å²) < 4.78 is 0. The second-order valence-corrected chi connectivity index (χ2v) is 5.95. The van der Waals surface area contributed by atoms with Gasteiger partial charge in [0.15, 0.2) is 9.96 Å². The summed E-state index contributed by atoms with van der Waals surface area (Å²) in [5, 5.41) is 8.61. The van der Waals surface area contributed by atoms with Gasteiger partial charge in [-0.15, -0.1) is 0 Å². The van der Waals surface area contributed by atoms with Crippen LogP contribution < -0.4 is 4.90 Å². The average molecular weight is 252 g/mol. The first-order valence-corrected chi connectivity index (χ1v) is 7.17. The van der Waals surface area contributed by atoms with Crippen LogP contribution in [0.5, 0.6) is 0 Å². The van der Waals surface area contributed by atoms with E-state index in [0.717, 1.165) is 28.6 Å². The molecule has 1 N–H and O–H groups in total. The maximum Gasteiger partial charge on any atom is 0.188 e. The van der Waals surface area contributed by atoms with Crippen LogP contribution in [0.15, 0.2) is 0 Å². The number of hydrogen-bond acceptors (Lipinski definition) is 4. The van der Waals surface area contributed by atoms with Crippen LogP contribution in [0.4, 0.5) is 5.13 Å². The number of aromatic nitrogens is 3. The van der Waals surface area contributed by atoms with Crippen molar-refractivity contribution in [3.05, 3.63) is 5.69 Å². The normalized spacial score (nSPS) is 17.2. The summed E-state index contributed by atoms with van der Waals surface area (Å²) in [6.45, 7) is 6.65. The Balaban J connectivity index is 0.00000120. The molecule has 0 bridgehead atoms. The molecule has 0 spiro atoms. The number of aromatic amines is 1. The lowest BCUT2D eigenvalue weighted by atomic mass is 10.1. The van der Waals surface area contributed by atoms with Gasteiger partial charge in [0.25, 0.3) is 0 Å². The van der Waals surface area contributed by atoms with Crippen molar-refractivity contribution < 1.29 is 1.43 Å². The average Bonchev–Trinajstić information content (AvgIpc) is 2.88. The summed E-state index contributed by atoms with van der Waals surface area (Å²) >= 11 is 1.71. The molecular formula is C12H20N4S. The fraction of sp³-hybridized carbons (Fsp3) is 0.667. The number of nitrogens with zero attached hydrogens (tertiary/aromatic N) is 3. The van der Waals surface area contributed by atoms with Gasteiger partial charge in [0.05, 0.1) is 5.69 Å². The third-order valence-corrected chi connectivity index (χ3v) is 4.34. The molecule has 0 amide bonds. The van der Waals surface area contributed by atoms with Gasteiger partial charge >= 0.3 is 0 Å². The summed E-state index contributed by atoms with van der Waals surface area (Å²) in [4.78, 5) is 8.22. The zero-order valence-corrected chi connectivity index (χ0v) is 11.2. The first kappa shape index (κ1) is 11.0. The van der Waals surface area contributed by atoms with Crippen molar-refractivity contribution in [2.75, 3.05) is 18.0 Å². The molecule has 1 aliphatic heterocycles. The number of hydrogen-bond donors (Lipinski definition) is 1. The second kappa shape index (κ2) is 4.29. The zero-order chi connectivity index (χ0) is 11.8. The van der Waals surface area contributed by atoms with E-state index in [1.54, 1.807) is 11.3 Å². The standard InChI is InChI=1S/C12H18N4S.H2/c1-8(2)9-10-11(15-14-9)17-12(13-10)16-6-4-3-5-7-16;/h8H,3-7H2,1-2H3,(H,14,15);1H. The molecule has 4 nitrogen and oxygen atoms in total. The van der Waals surface area contributed by atoms with E-state index >= 15 is 0 Å². The Morgan fingerprint density at radius 1 is 1.29 bits per heavy atom. The van der Waals surface area contributed by atoms with Crippen molar-refractivity contribution in [3.63, 3.8) is 0 Å². The number of piperidine rings is 1. The molecule has 0 aliphatic carbocycles. The van der Waals surface area contributed by atoms with Crippen LogP contribution in [0.25, 0.3) is 10.3 Å². The molecule has 0 atom stereocenters. The van der Waals surface area contributed by atoms with Gasteiger partial charge < -0.3 is 4.90 Å². The molecule has 1 fully saturated rings. The predicted octanol–water partition coefficient (Wildman–Crippen LogP) is 3.38. The van der Waals surface area contributed by atoms with Crippen molar-refractivity contribution in [1.82, 2.24) is 15.2 Å². The lowest BCUT2D eigenvalue weighted by Gasteiger charge is -2.25. The third kappa shape index (κ3) is 1.92. The Morgan fingerprint density at radius 3 is 2.76 bits per heavy atom. The molecule has 2 aromatic rings.